The molecule has 5 nitrogen and oxygen atoms in total. The molecule has 0 spiro atoms. The second kappa shape index (κ2) is 7.85. The maximum absolute atomic E-state index is 11.8. The van der Waals surface area contributed by atoms with Crippen LogP contribution in [0.2, 0.25) is 0 Å². The monoisotopic (exact) mass is 309 g/mol. The number of benzene rings is 2. The number of urea groups is 1. The summed E-state index contributed by atoms with van der Waals surface area (Å²) >= 11 is 0. The van der Waals surface area contributed by atoms with Crippen molar-refractivity contribution >= 4 is 11.7 Å². The minimum Gasteiger partial charge on any atom is -0.491 e. The first kappa shape index (κ1) is 16.4. The van der Waals surface area contributed by atoms with Crippen LogP contribution in [0.5, 0.6) is 5.75 Å². The number of rotatable bonds is 5. The zero-order chi connectivity index (χ0) is 16.7. The Bertz CT molecular complexity index is 718. The molecule has 0 aliphatic rings. The second-order valence-corrected chi connectivity index (χ2v) is 5.19. The highest BCUT2D eigenvalue weighted by Gasteiger charge is 2.03. The molecule has 0 aromatic heterocycles. The highest BCUT2D eigenvalue weighted by molar-refractivity contribution is 5.89. The standard InChI is InChI=1S/C18H19N3O2/c1-13-3-4-14(2)17(11-13)23-10-9-20-18(22)21-16-7-5-15(12-19)6-8-16/h3-8,11H,9-10H2,1-2H3,(H2,20,21,22). The highest BCUT2D eigenvalue weighted by atomic mass is 16.5. The third kappa shape index (κ3) is 5.04. The lowest BCUT2D eigenvalue weighted by molar-refractivity contribution is 0.247. The topological polar surface area (TPSA) is 74.2 Å². The van der Waals surface area contributed by atoms with Gasteiger partial charge in [-0.15, -0.1) is 0 Å². The van der Waals surface area contributed by atoms with Crippen LogP contribution in [0, 0.1) is 25.2 Å². The summed E-state index contributed by atoms with van der Waals surface area (Å²) < 4.78 is 5.67. The fourth-order valence-corrected chi connectivity index (χ4v) is 1.99. The van der Waals surface area contributed by atoms with Crippen molar-refractivity contribution in [1.82, 2.24) is 5.32 Å². The van der Waals surface area contributed by atoms with Gasteiger partial charge in [-0.25, -0.2) is 4.79 Å². The molecule has 2 rings (SSSR count). The smallest absolute Gasteiger partial charge is 0.319 e. The van der Waals surface area contributed by atoms with Crippen molar-refractivity contribution in [2.45, 2.75) is 13.8 Å². The molecular formula is C18H19N3O2. The van der Waals surface area contributed by atoms with Crippen LogP contribution in [0.3, 0.4) is 0 Å². The van der Waals surface area contributed by atoms with Gasteiger partial charge in [0.05, 0.1) is 18.2 Å². The molecule has 0 saturated heterocycles. The summed E-state index contributed by atoms with van der Waals surface area (Å²) in [7, 11) is 0. The predicted molar refractivity (Wildman–Crippen MR) is 89.6 cm³/mol. The Morgan fingerprint density at radius 3 is 2.61 bits per heavy atom. The number of hydrogen-bond acceptors (Lipinski definition) is 3. The molecule has 2 amide bonds. The van der Waals surface area contributed by atoms with Gasteiger partial charge in [-0.2, -0.15) is 5.26 Å². The molecule has 23 heavy (non-hydrogen) atoms. The summed E-state index contributed by atoms with van der Waals surface area (Å²) in [6.07, 6.45) is 0. The molecule has 0 unspecified atom stereocenters. The lowest BCUT2D eigenvalue weighted by atomic mass is 10.1. The van der Waals surface area contributed by atoms with Crippen molar-refractivity contribution in [1.29, 1.82) is 5.26 Å². The van der Waals surface area contributed by atoms with Crippen molar-refractivity contribution in [2.75, 3.05) is 18.5 Å². The Morgan fingerprint density at radius 2 is 1.91 bits per heavy atom. The van der Waals surface area contributed by atoms with Crippen LogP contribution < -0.4 is 15.4 Å². The van der Waals surface area contributed by atoms with Crippen LogP contribution in [0.4, 0.5) is 10.5 Å². The number of aryl methyl sites for hydroxylation is 2. The zero-order valence-electron chi connectivity index (χ0n) is 13.2. The highest BCUT2D eigenvalue weighted by Crippen LogP contribution is 2.18. The number of ether oxygens (including phenoxy) is 1. The number of amides is 2. The average molecular weight is 309 g/mol. The lowest BCUT2D eigenvalue weighted by Gasteiger charge is -2.11. The van der Waals surface area contributed by atoms with Gasteiger partial charge < -0.3 is 15.4 Å². The average Bonchev–Trinajstić information content (AvgIpc) is 2.55. The number of hydrogen-bond donors (Lipinski definition) is 2. The van der Waals surface area contributed by atoms with Gasteiger partial charge in [0.15, 0.2) is 0 Å². The summed E-state index contributed by atoms with van der Waals surface area (Å²) in [6, 6.07) is 14.4. The molecule has 2 aromatic carbocycles. The maximum Gasteiger partial charge on any atom is 0.319 e. The SMILES string of the molecule is Cc1ccc(C)c(OCCNC(=O)Nc2ccc(C#N)cc2)c1. The second-order valence-electron chi connectivity index (χ2n) is 5.19. The van der Waals surface area contributed by atoms with Gasteiger partial charge in [0.25, 0.3) is 0 Å². The molecule has 0 radical (unpaired) electrons. The number of nitrogens with zero attached hydrogens (tertiary/aromatic N) is 1. The fourth-order valence-electron chi connectivity index (χ4n) is 1.99. The van der Waals surface area contributed by atoms with Crippen molar-refractivity contribution in [3.05, 3.63) is 59.2 Å². The number of carbonyl (C=O) groups is 1. The molecule has 0 bridgehead atoms. The van der Waals surface area contributed by atoms with Crippen LogP contribution in [-0.4, -0.2) is 19.2 Å². The number of carbonyl (C=O) groups excluding carboxylic acids is 1. The molecule has 0 fully saturated rings. The van der Waals surface area contributed by atoms with Gasteiger partial charge in [0.2, 0.25) is 0 Å². The molecule has 0 aliphatic heterocycles. The van der Waals surface area contributed by atoms with Crippen LogP contribution in [0.1, 0.15) is 16.7 Å². The summed E-state index contributed by atoms with van der Waals surface area (Å²) in [5.74, 6) is 0.833. The van der Waals surface area contributed by atoms with E-state index in [1.54, 1.807) is 24.3 Å². The van der Waals surface area contributed by atoms with Crippen LogP contribution in [0.15, 0.2) is 42.5 Å². The van der Waals surface area contributed by atoms with E-state index in [1.807, 2.05) is 38.1 Å². The Hall–Kier alpha value is -3.00. The Morgan fingerprint density at radius 1 is 1.17 bits per heavy atom. The molecular weight excluding hydrogens is 290 g/mol. The van der Waals surface area contributed by atoms with Crippen LogP contribution >= 0.6 is 0 Å². The third-order valence-corrected chi connectivity index (χ3v) is 3.26. The molecule has 0 saturated carbocycles. The minimum absolute atomic E-state index is 0.306. The first-order chi connectivity index (χ1) is 11.1. The summed E-state index contributed by atoms with van der Waals surface area (Å²) in [4.78, 5) is 11.8. The minimum atomic E-state index is -0.306. The van der Waals surface area contributed by atoms with E-state index in [9.17, 15) is 4.79 Å². The Labute approximate surface area is 135 Å². The largest absolute Gasteiger partial charge is 0.491 e. The van der Waals surface area contributed by atoms with E-state index in [0.29, 0.717) is 24.4 Å². The Kier molecular flexibility index (Phi) is 5.59. The van der Waals surface area contributed by atoms with Crippen molar-refractivity contribution in [2.24, 2.45) is 0 Å². The molecule has 2 N–H and O–H groups in total. The van der Waals surface area contributed by atoms with E-state index in [-0.39, 0.29) is 6.03 Å². The predicted octanol–water partition coefficient (Wildman–Crippen LogP) is 3.38. The van der Waals surface area contributed by atoms with E-state index in [1.165, 1.54) is 0 Å². The molecule has 0 heterocycles. The fraction of sp³-hybridized carbons (Fsp3) is 0.222. The summed E-state index contributed by atoms with van der Waals surface area (Å²) in [5.41, 5.74) is 3.39. The number of nitrogens with one attached hydrogen (secondary N) is 2. The Balaban J connectivity index is 1.74. The van der Waals surface area contributed by atoms with Gasteiger partial charge in [0, 0.05) is 5.69 Å². The molecule has 0 atom stereocenters. The van der Waals surface area contributed by atoms with E-state index >= 15 is 0 Å². The van der Waals surface area contributed by atoms with Crippen molar-refractivity contribution in [3.8, 4) is 11.8 Å². The van der Waals surface area contributed by atoms with Crippen molar-refractivity contribution < 1.29 is 9.53 Å². The van der Waals surface area contributed by atoms with Gasteiger partial charge >= 0.3 is 6.03 Å². The van der Waals surface area contributed by atoms with Gasteiger partial charge in [0.1, 0.15) is 12.4 Å². The third-order valence-electron chi connectivity index (χ3n) is 3.26. The van der Waals surface area contributed by atoms with Gasteiger partial charge in [-0.3, -0.25) is 0 Å². The van der Waals surface area contributed by atoms with E-state index in [0.717, 1.165) is 16.9 Å². The quantitative estimate of drug-likeness (QED) is 0.832. The molecule has 118 valence electrons. The van der Waals surface area contributed by atoms with Gasteiger partial charge in [-0.1, -0.05) is 12.1 Å². The normalized spacial score (nSPS) is 9.78. The number of anilines is 1. The van der Waals surface area contributed by atoms with Gasteiger partial charge in [-0.05, 0) is 55.3 Å². The van der Waals surface area contributed by atoms with Crippen LogP contribution in [-0.2, 0) is 0 Å². The first-order valence-corrected chi connectivity index (χ1v) is 7.33. The van der Waals surface area contributed by atoms with Crippen LogP contribution in [0.25, 0.3) is 0 Å². The first-order valence-electron chi connectivity index (χ1n) is 7.33. The van der Waals surface area contributed by atoms with E-state index < -0.39 is 0 Å². The summed E-state index contributed by atoms with van der Waals surface area (Å²) in [6.45, 7) is 4.79. The van der Waals surface area contributed by atoms with E-state index in [2.05, 4.69) is 10.6 Å². The van der Waals surface area contributed by atoms with E-state index in [4.69, 9.17) is 10.00 Å². The lowest BCUT2D eigenvalue weighted by Crippen LogP contribution is -2.32. The summed E-state index contributed by atoms with van der Waals surface area (Å²) in [5, 5.41) is 14.1. The zero-order valence-corrected chi connectivity index (χ0v) is 13.2. The molecule has 2 aromatic rings. The maximum atomic E-state index is 11.8. The van der Waals surface area contributed by atoms with Crippen molar-refractivity contribution in [3.63, 3.8) is 0 Å². The molecule has 0 aliphatic carbocycles. The molecule has 5 heteroatoms. The number of nitriles is 1.